The van der Waals surface area contributed by atoms with Crippen LogP contribution in [-0.4, -0.2) is 17.4 Å². The van der Waals surface area contributed by atoms with Crippen molar-refractivity contribution < 1.29 is 4.79 Å². The first-order chi connectivity index (χ1) is 10.0. The summed E-state index contributed by atoms with van der Waals surface area (Å²) >= 11 is 3.43. The first kappa shape index (κ1) is 15.5. The fourth-order valence-electron chi connectivity index (χ4n) is 1.72. The summed E-state index contributed by atoms with van der Waals surface area (Å²) in [6.07, 6.45) is 1.66. The summed E-state index contributed by atoms with van der Waals surface area (Å²) < 4.78 is 1.00. The van der Waals surface area contributed by atoms with E-state index in [1.807, 2.05) is 30.3 Å². The molecule has 0 atom stereocenters. The van der Waals surface area contributed by atoms with Gasteiger partial charge in [-0.05, 0) is 36.2 Å². The molecule has 0 fully saturated rings. The summed E-state index contributed by atoms with van der Waals surface area (Å²) in [7, 11) is 0. The molecule has 0 bridgehead atoms. The van der Waals surface area contributed by atoms with Crippen LogP contribution in [-0.2, 0) is 0 Å². The fraction of sp³-hybridized carbons (Fsp3) is 0.250. The Morgan fingerprint density at radius 1 is 1.24 bits per heavy atom. The van der Waals surface area contributed by atoms with E-state index in [9.17, 15) is 4.79 Å². The number of hydrogen-bond donors (Lipinski definition) is 2. The maximum Gasteiger partial charge on any atom is 0.269 e. The summed E-state index contributed by atoms with van der Waals surface area (Å²) in [6.45, 7) is 4.76. The number of rotatable bonds is 5. The molecule has 1 aromatic heterocycles. The van der Waals surface area contributed by atoms with Gasteiger partial charge in [0.2, 0.25) is 0 Å². The summed E-state index contributed by atoms with van der Waals surface area (Å²) in [5, 5.41) is 6.08. The second-order valence-corrected chi connectivity index (χ2v) is 6.09. The molecule has 0 spiro atoms. The number of carbonyl (C=O) groups is 1. The first-order valence-corrected chi connectivity index (χ1v) is 7.61. The van der Waals surface area contributed by atoms with Crippen molar-refractivity contribution in [1.82, 2.24) is 10.3 Å². The number of nitrogens with zero attached hydrogens (tertiary/aromatic N) is 1. The molecule has 1 heterocycles. The molecule has 21 heavy (non-hydrogen) atoms. The summed E-state index contributed by atoms with van der Waals surface area (Å²) in [5.74, 6) is 0.282. The third kappa shape index (κ3) is 4.86. The van der Waals surface area contributed by atoms with Crippen LogP contribution in [0.25, 0.3) is 0 Å². The lowest BCUT2D eigenvalue weighted by Crippen LogP contribution is -2.27. The van der Waals surface area contributed by atoms with Crippen LogP contribution in [0.15, 0.2) is 47.1 Å². The van der Waals surface area contributed by atoms with Crippen LogP contribution in [0.2, 0.25) is 0 Å². The van der Waals surface area contributed by atoms with E-state index in [1.165, 1.54) is 0 Å². The molecule has 2 rings (SSSR count). The van der Waals surface area contributed by atoms with E-state index in [4.69, 9.17) is 0 Å². The predicted octanol–water partition coefficient (Wildman–Crippen LogP) is 3.97. The van der Waals surface area contributed by atoms with Gasteiger partial charge in [0.15, 0.2) is 0 Å². The van der Waals surface area contributed by atoms with Gasteiger partial charge in [0.25, 0.3) is 5.91 Å². The molecule has 0 saturated heterocycles. The van der Waals surface area contributed by atoms with Gasteiger partial charge in [0, 0.05) is 16.7 Å². The summed E-state index contributed by atoms with van der Waals surface area (Å²) in [5.41, 5.74) is 2.23. The van der Waals surface area contributed by atoms with Gasteiger partial charge in [0.1, 0.15) is 5.69 Å². The number of nitrogens with one attached hydrogen (secondary N) is 2. The average molecular weight is 348 g/mol. The van der Waals surface area contributed by atoms with Gasteiger partial charge in [-0.3, -0.25) is 4.79 Å². The zero-order valence-corrected chi connectivity index (χ0v) is 13.6. The number of amides is 1. The van der Waals surface area contributed by atoms with Crippen LogP contribution in [0.3, 0.4) is 0 Å². The first-order valence-electron chi connectivity index (χ1n) is 6.81. The predicted molar refractivity (Wildman–Crippen MR) is 88.8 cm³/mol. The molecule has 2 aromatic rings. The molecule has 0 aliphatic heterocycles. The number of aromatic nitrogens is 1. The third-order valence-electron chi connectivity index (χ3n) is 2.78. The van der Waals surface area contributed by atoms with Crippen molar-refractivity contribution in [2.45, 2.75) is 13.8 Å². The molecule has 0 unspecified atom stereocenters. The lowest BCUT2D eigenvalue weighted by molar-refractivity contribution is 0.0944. The highest BCUT2D eigenvalue weighted by Gasteiger charge is 2.07. The van der Waals surface area contributed by atoms with Crippen LogP contribution in [0, 0.1) is 5.92 Å². The Labute approximate surface area is 133 Å². The van der Waals surface area contributed by atoms with Crippen molar-refractivity contribution in [2.24, 2.45) is 5.92 Å². The number of anilines is 2. The van der Waals surface area contributed by atoms with Gasteiger partial charge >= 0.3 is 0 Å². The largest absolute Gasteiger partial charge is 0.354 e. The molecule has 110 valence electrons. The summed E-state index contributed by atoms with van der Waals surface area (Å²) in [4.78, 5) is 16.1. The number of pyridine rings is 1. The SMILES string of the molecule is CC(C)CNC(=O)c1ccc(Nc2cccc(Br)c2)cn1. The summed E-state index contributed by atoms with van der Waals surface area (Å²) in [6, 6.07) is 11.4. The Morgan fingerprint density at radius 2 is 2.05 bits per heavy atom. The molecule has 0 aliphatic carbocycles. The average Bonchev–Trinajstić information content (AvgIpc) is 2.45. The minimum absolute atomic E-state index is 0.141. The van der Waals surface area contributed by atoms with Crippen LogP contribution in [0.4, 0.5) is 11.4 Å². The lowest BCUT2D eigenvalue weighted by Gasteiger charge is -2.09. The minimum atomic E-state index is -0.141. The standard InChI is InChI=1S/C16H18BrN3O/c1-11(2)9-19-16(21)15-7-6-14(10-18-15)20-13-5-3-4-12(17)8-13/h3-8,10-11,20H,9H2,1-2H3,(H,19,21). The molecule has 0 saturated carbocycles. The van der Waals surface area contributed by atoms with Gasteiger partial charge in [0.05, 0.1) is 11.9 Å². The van der Waals surface area contributed by atoms with E-state index in [0.717, 1.165) is 15.8 Å². The second kappa shape index (κ2) is 7.22. The molecule has 1 amide bonds. The monoisotopic (exact) mass is 347 g/mol. The maximum atomic E-state index is 11.9. The van der Waals surface area contributed by atoms with E-state index in [0.29, 0.717) is 18.2 Å². The molecular formula is C16H18BrN3O. The normalized spacial score (nSPS) is 10.5. The Morgan fingerprint density at radius 3 is 2.67 bits per heavy atom. The van der Waals surface area contributed by atoms with Crippen molar-refractivity contribution >= 4 is 33.2 Å². The number of hydrogen-bond acceptors (Lipinski definition) is 3. The van der Waals surface area contributed by atoms with Crippen molar-refractivity contribution in [3.63, 3.8) is 0 Å². The Hall–Kier alpha value is -1.88. The van der Waals surface area contributed by atoms with Gasteiger partial charge in [-0.1, -0.05) is 35.8 Å². The fourth-order valence-corrected chi connectivity index (χ4v) is 2.12. The molecule has 4 nitrogen and oxygen atoms in total. The molecular weight excluding hydrogens is 330 g/mol. The lowest BCUT2D eigenvalue weighted by atomic mass is 10.2. The topological polar surface area (TPSA) is 54.0 Å². The van der Waals surface area contributed by atoms with Crippen molar-refractivity contribution in [2.75, 3.05) is 11.9 Å². The van der Waals surface area contributed by atoms with Crippen molar-refractivity contribution in [3.05, 3.63) is 52.8 Å². The van der Waals surface area contributed by atoms with E-state index >= 15 is 0 Å². The zero-order chi connectivity index (χ0) is 15.2. The van der Waals surface area contributed by atoms with E-state index in [1.54, 1.807) is 12.3 Å². The third-order valence-corrected chi connectivity index (χ3v) is 3.27. The smallest absolute Gasteiger partial charge is 0.269 e. The van der Waals surface area contributed by atoms with E-state index in [-0.39, 0.29) is 5.91 Å². The van der Waals surface area contributed by atoms with E-state index in [2.05, 4.69) is 45.4 Å². The maximum absolute atomic E-state index is 11.9. The van der Waals surface area contributed by atoms with Gasteiger partial charge in [-0.25, -0.2) is 4.98 Å². The quantitative estimate of drug-likeness (QED) is 0.860. The number of benzene rings is 1. The highest BCUT2D eigenvalue weighted by Crippen LogP contribution is 2.19. The van der Waals surface area contributed by atoms with Gasteiger partial charge in [-0.15, -0.1) is 0 Å². The zero-order valence-electron chi connectivity index (χ0n) is 12.1. The van der Waals surface area contributed by atoms with Crippen LogP contribution in [0.1, 0.15) is 24.3 Å². The Kier molecular flexibility index (Phi) is 5.33. The van der Waals surface area contributed by atoms with Crippen LogP contribution < -0.4 is 10.6 Å². The highest BCUT2D eigenvalue weighted by molar-refractivity contribution is 9.10. The Balaban J connectivity index is 2.00. The number of halogens is 1. The van der Waals surface area contributed by atoms with Crippen molar-refractivity contribution in [3.8, 4) is 0 Å². The molecule has 5 heteroatoms. The van der Waals surface area contributed by atoms with Gasteiger partial charge in [-0.2, -0.15) is 0 Å². The molecule has 2 N–H and O–H groups in total. The highest BCUT2D eigenvalue weighted by atomic mass is 79.9. The molecule has 0 aliphatic rings. The van der Waals surface area contributed by atoms with Crippen molar-refractivity contribution in [1.29, 1.82) is 0 Å². The molecule has 0 radical (unpaired) electrons. The Bertz CT molecular complexity index is 611. The van der Waals surface area contributed by atoms with Crippen LogP contribution in [0.5, 0.6) is 0 Å². The van der Waals surface area contributed by atoms with Gasteiger partial charge < -0.3 is 10.6 Å². The molecule has 1 aromatic carbocycles. The number of carbonyl (C=O) groups excluding carboxylic acids is 1. The minimum Gasteiger partial charge on any atom is -0.354 e. The van der Waals surface area contributed by atoms with Crippen LogP contribution >= 0.6 is 15.9 Å². The second-order valence-electron chi connectivity index (χ2n) is 5.17. The van der Waals surface area contributed by atoms with E-state index < -0.39 is 0 Å².